The smallest absolute Gasteiger partial charge is 0.213 e. The van der Waals surface area contributed by atoms with E-state index in [-0.39, 0.29) is 11.8 Å². The number of hydrogen-bond acceptors (Lipinski definition) is 5. The van der Waals surface area contributed by atoms with Crippen LogP contribution in [-0.4, -0.2) is 50.3 Å². The summed E-state index contributed by atoms with van der Waals surface area (Å²) in [4.78, 5) is 6.42. The van der Waals surface area contributed by atoms with Crippen LogP contribution in [0.2, 0.25) is 0 Å². The molecule has 1 N–H and O–H groups in total. The van der Waals surface area contributed by atoms with Crippen LogP contribution in [0.3, 0.4) is 0 Å². The fraction of sp³-hybridized carbons (Fsp3) is 0.643. The van der Waals surface area contributed by atoms with E-state index in [0.717, 1.165) is 38.0 Å². The number of aromatic nitrogens is 1. The Bertz CT molecular complexity index is 554. The molecule has 0 amide bonds. The molecule has 2 rings (SSSR count). The molecule has 1 aromatic heterocycles. The van der Waals surface area contributed by atoms with Crippen LogP contribution in [0, 0.1) is 0 Å². The molecule has 21 heavy (non-hydrogen) atoms. The topological polar surface area (TPSA) is 71.5 Å². The van der Waals surface area contributed by atoms with E-state index in [1.165, 1.54) is 0 Å². The first-order valence-corrected chi connectivity index (χ1v) is 8.89. The van der Waals surface area contributed by atoms with Crippen molar-refractivity contribution in [2.75, 3.05) is 26.0 Å². The molecule has 1 aliphatic rings. The van der Waals surface area contributed by atoms with Gasteiger partial charge in [-0.05, 0) is 31.4 Å². The van der Waals surface area contributed by atoms with Crippen LogP contribution >= 0.6 is 0 Å². The Kier molecular flexibility index (Phi) is 5.55. The van der Waals surface area contributed by atoms with Crippen molar-refractivity contribution in [1.82, 2.24) is 14.6 Å². The Morgan fingerprint density at radius 2 is 2.14 bits per heavy atom. The first-order valence-electron chi connectivity index (χ1n) is 7.23. The van der Waals surface area contributed by atoms with E-state index in [2.05, 4.69) is 14.6 Å². The van der Waals surface area contributed by atoms with Gasteiger partial charge >= 0.3 is 0 Å². The van der Waals surface area contributed by atoms with Gasteiger partial charge in [-0.2, -0.15) is 0 Å². The van der Waals surface area contributed by atoms with Gasteiger partial charge in [-0.3, -0.25) is 4.90 Å². The monoisotopic (exact) mass is 313 g/mol. The third-order valence-electron chi connectivity index (χ3n) is 3.73. The molecule has 7 heteroatoms. The summed E-state index contributed by atoms with van der Waals surface area (Å²) >= 11 is 0. The number of hydrogen-bond donors (Lipinski definition) is 1. The lowest BCUT2D eigenvalue weighted by Crippen LogP contribution is -2.44. The summed E-state index contributed by atoms with van der Waals surface area (Å²) in [5.74, 6) is 0.766. The molecule has 6 nitrogen and oxygen atoms in total. The maximum Gasteiger partial charge on any atom is 0.213 e. The lowest BCUT2D eigenvalue weighted by Gasteiger charge is -2.32. The zero-order chi connectivity index (χ0) is 15.3. The van der Waals surface area contributed by atoms with Gasteiger partial charge in [0.05, 0.1) is 12.9 Å². The third kappa shape index (κ3) is 4.94. The van der Waals surface area contributed by atoms with Crippen molar-refractivity contribution < 1.29 is 13.2 Å². The van der Waals surface area contributed by atoms with Crippen molar-refractivity contribution in [3.05, 3.63) is 23.9 Å². The number of sulfonamides is 1. The first kappa shape index (κ1) is 16.2. The number of ether oxygens (including phenoxy) is 1. The minimum absolute atomic E-state index is 0.0678. The average Bonchev–Trinajstić information content (AvgIpc) is 2.49. The molecular weight excluding hydrogens is 290 g/mol. The highest BCUT2D eigenvalue weighted by Crippen LogP contribution is 2.16. The maximum absolute atomic E-state index is 11.6. The molecule has 0 spiro atoms. The molecule has 0 aromatic carbocycles. The summed E-state index contributed by atoms with van der Waals surface area (Å²) in [5.41, 5.74) is 1.16. The largest absolute Gasteiger partial charge is 0.481 e. The second-order valence-corrected chi connectivity index (χ2v) is 7.32. The predicted molar refractivity (Wildman–Crippen MR) is 81.7 cm³/mol. The van der Waals surface area contributed by atoms with Crippen molar-refractivity contribution in [2.24, 2.45) is 0 Å². The van der Waals surface area contributed by atoms with Crippen LogP contribution in [0.1, 0.15) is 25.3 Å². The molecule has 118 valence electrons. The average molecular weight is 313 g/mol. The van der Waals surface area contributed by atoms with E-state index in [1.807, 2.05) is 12.1 Å². The molecule has 1 fully saturated rings. The molecule has 0 saturated carbocycles. The molecule has 1 aliphatic heterocycles. The summed E-state index contributed by atoms with van der Waals surface area (Å²) < 4.78 is 31.0. The second-order valence-electron chi connectivity index (χ2n) is 5.28. The van der Waals surface area contributed by atoms with Crippen molar-refractivity contribution >= 4 is 10.0 Å². The summed E-state index contributed by atoms with van der Waals surface area (Å²) in [6.45, 7) is 4.28. The van der Waals surface area contributed by atoms with E-state index < -0.39 is 10.0 Å². The first-order chi connectivity index (χ1) is 10.0. The van der Waals surface area contributed by atoms with Crippen molar-refractivity contribution in [3.63, 3.8) is 0 Å². The van der Waals surface area contributed by atoms with Crippen LogP contribution in [0.4, 0.5) is 0 Å². The van der Waals surface area contributed by atoms with E-state index in [9.17, 15) is 8.42 Å². The standard InChI is InChI=1S/C14H23N3O3S/c1-3-21(18,19)16-13-5-8-17(9-6-13)11-12-4-7-15-14(10-12)20-2/h4,7,10,13,16H,3,5-6,8-9,11H2,1-2H3. The number of methoxy groups -OCH3 is 1. The fourth-order valence-corrected chi connectivity index (χ4v) is 3.38. The molecule has 0 aliphatic carbocycles. The van der Waals surface area contributed by atoms with Crippen LogP contribution in [0.15, 0.2) is 18.3 Å². The van der Waals surface area contributed by atoms with Gasteiger partial charge in [-0.25, -0.2) is 18.1 Å². The molecule has 1 aromatic rings. The van der Waals surface area contributed by atoms with Gasteiger partial charge in [0.1, 0.15) is 0 Å². The summed E-state index contributed by atoms with van der Waals surface area (Å²) in [6, 6.07) is 3.98. The highest BCUT2D eigenvalue weighted by atomic mass is 32.2. The highest BCUT2D eigenvalue weighted by molar-refractivity contribution is 7.89. The van der Waals surface area contributed by atoms with E-state index in [1.54, 1.807) is 20.2 Å². The Balaban J connectivity index is 1.84. The van der Waals surface area contributed by atoms with Crippen molar-refractivity contribution in [3.8, 4) is 5.88 Å². The number of rotatable bonds is 6. The van der Waals surface area contributed by atoms with Gasteiger partial charge in [0.15, 0.2) is 0 Å². The molecule has 1 saturated heterocycles. The molecule has 0 atom stereocenters. The molecule has 0 radical (unpaired) electrons. The van der Waals surface area contributed by atoms with Gasteiger partial charge in [0, 0.05) is 37.9 Å². The summed E-state index contributed by atoms with van der Waals surface area (Å²) in [7, 11) is -1.49. The van der Waals surface area contributed by atoms with Crippen molar-refractivity contribution in [2.45, 2.75) is 32.4 Å². The maximum atomic E-state index is 11.6. The fourth-order valence-electron chi connectivity index (χ4n) is 2.46. The van der Waals surface area contributed by atoms with Gasteiger partial charge in [-0.1, -0.05) is 0 Å². The summed E-state index contributed by atoms with van der Waals surface area (Å²) in [5, 5.41) is 0. The van der Waals surface area contributed by atoms with Gasteiger partial charge in [0.25, 0.3) is 0 Å². The van der Waals surface area contributed by atoms with E-state index in [4.69, 9.17) is 4.74 Å². The second kappa shape index (κ2) is 7.20. The molecule has 0 bridgehead atoms. The Labute approximate surface area is 126 Å². The number of piperidine rings is 1. The van der Waals surface area contributed by atoms with Crippen LogP contribution in [0.5, 0.6) is 5.88 Å². The number of likely N-dealkylation sites (tertiary alicyclic amines) is 1. The Hall–Kier alpha value is -1.18. The highest BCUT2D eigenvalue weighted by Gasteiger charge is 2.22. The number of nitrogens with zero attached hydrogens (tertiary/aromatic N) is 2. The minimum atomic E-state index is -3.10. The lowest BCUT2D eigenvalue weighted by molar-refractivity contribution is 0.199. The normalized spacial score (nSPS) is 17.8. The summed E-state index contributed by atoms with van der Waals surface area (Å²) in [6.07, 6.45) is 3.44. The minimum Gasteiger partial charge on any atom is -0.481 e. The van der Waals surface area contributed by atoms with Gasteiger partial charge < -0.3 is 4.74 Å². The van der Waals surface area contributed by atoms with Crippen LogP contribution in [-0.2, 0) is 16.6 Å². The van der Waals surface area contributed by atoms with Gasteiger partial charge in [-0.15, -0.1) is 0 Å². The Morgan fingerprint density at radius 3 is 2.76 bits per heavy atom. The SMILES string of the molecule is CCS(=O)(=O)NC1CCN(Cc2ccnc(OC)c2)CC1. The number of pyridine rings is 1. The zero-order valence-corrected chi connectivity index (χ0v) is 13.4. The quantitative estimate of drug-likeness (QED) is 0.848. The van der Waals surface area contributed by atoms with Crippen LogP contribution in [0.25, 0.3) is 0 Å². The van der Waals surface area contributed by atoms with Crippen LogP contribution < -0.4 is 9.46 Å². The number of nitrogens with one attached hydrogen (secondary N) is 1. The van der Waals surface area contributed by atoms with E-state index >= 15 is 0 Å². The van der Waals surface area contributed by atoms with Crippen molar-refractivity contribution in [1.29, 1.82) is 0 Å². The lowest BCUT2D eigenvalue weighted by atomic mass is 10.1. The Morgan fingerprint density at radius 1 is 1.43 bits per heavy atom. The van der Waals surface area contributed by atoms with Gasteiger partial charge in [0.2, 0.25) is 15.9 Å². The molecular formula is C14H23N3O3S. The third-order valence-corrected chi connectivity index (χ3v) is 5.18. The van der Waals surface area contributed by atoms with E-state index in [0.29, 0.717) is 5.88 Å². The molecule has 2 heterocycles. The predicted octanol–water partition coefficient (Wildman–Crippen LogP) is 0.994. The molecule has 0 unspecified atom stereocenters. The zero-order valence-electron chi connectivity index (χ0n) is 12.6.